The molecule has 0 atom stereocenters. The fourth-order valence-electron chi connectivity index (χ4n) is 1.84. The zero-order valence-corrected chi connectivity index (χ0v) is 13.7. The van der Waals surface area contributed by atoms with E-state index in [2.05, 4.69) is 12.2 Å². The quantitative estimate of drug-likeness (QED) is 0.749. The number of nitrogens with zero attached hydrogens (tertiary/aromatic N) is 1. The number of amides is 1. The van der Waals surface area contributed by atoms with E-state index in [1.165, 1.54) is 44.8 Å². The van der Waals surface area contributed by atoms with Crippen LogP contribution in [0.3, 0.4) is 0 Å². The summed E-state index contributed by atoms with van der Waals surface area (Å²) in [6, 6.07) is 6.00. The summed E-state index contributed by atoms with van der Waals surface area (Å²) >= 11 is 0. The van der Waals surface area contributed by atoms with Crippen LogP contribution in [0.4, 0.5) is 0 Å². The molecule has 118 valence electrons. The van der Waals surface area contributed by atoms with Gasteiger partial charge in [-0.1, -0.05) is 26.2 Å². The maximum absolute atomic E-state index is 11.9. The SMILES string of the molecule is CCCCCCNC(=O)c1ccc(S(=O)(=O)N(C)C)cc1. The first-order chi connectivity index (χ1) is 9.89. The van der Waals surface area contributed by atoms with Crippen molar-refractivity contribution in [3.63, 3.8) is 0 Å². The van der Waals surface area contributed by atoms with Crippen molar-refractivity contribution in [2.45, 2.75) is 37.5 Å². The summed E-state index contributed by atoms with van der Waals surface area (Å²) in [6.45, 7) is 2.79. The highest BCUT2D eigenvalue weighted by molar-refractivity contribution is 7.89. The zero-order chi connectivity index (χ0) is 15.9. The molecule has 1 rings (SSSR count). The molecule has 0 aliphatic rings. The van der Waals surface area contributed by atoms with Crippen molar-refractivity contribution in [1.29, 1.82) is 0 Å². The molecule has 0 heterocycles. The van der Waals surface area contributed by atoms with Crippen molar-refractivity contribution in [3.8, 4) is 0 Å². The predicted molar refractivity (Wildman–Crippen MR) is 83.8 cm³/mol. The average Bonchev–Trinajstić information content (AvgIpc) is 2.46. The van der Waals surface area contributed by atoms with Crippen molar-refractivity contribution < 1.29 is 13.2 Å². The molecule has 1 N–H and O–H groups in total. The topological polar surface area (TPSA) is 66.5 Å². The molecule has 1 aromatic rings. The van der Waals surface area contributed by atoms with Crippen molar-refractivity contribution >= 4 is 15.9 Å². The fourth-order valence-corrected chi connectivity index (χ4v) is 2.75. The molecule has 21 heavy (non-hydrogen) atoms. The molecule has 0 aromatic heterocycles. The number of sulfonamides is 1. The van der Waals surface area contributed by atoms with E-state index in [0.29, 0.717) is 12.1 Å². The number of rotatable bonds is 8. The molecule has 6 heteroatoms. The van der Waals surface area contributed by atoms with E-state index < -0.39 is 10.0 Å². The second kappa shape index (κ2) is 8.14. The van der Waals surface area contributed by atoms with Crippen molar-refractivity contribution in [2.24, 2.45) is 0 Å². The number of nitrogens with one attached hydrogen (secondary N) is 1. The molecule has 0 unspecified atom stereocenters. The van der Waals surface area contributed by atoms with Gasteiger partial charge in [0.15, 0.2) is 0 Å². The minimum atomic E-state index is -3.44. The number of benzene rings is 1. The number of hydrogen-bond donors (Lipinski definition) is 1. The first-order valence-corrected chi connectivity index (χ1v) is 8.64. The van der Waals surface area contributed by atoms with Crippen LogP contribution in [-0.2, 0) is 10.0 Å². The Morgan fingerprint density at radius 2 is 1.71 bits per heavy atom. The zero-order valence-electron chi connectivity index (χ0n) is 12.9. The van der Waals surface area contributed by atoms with Gasteiger partial charge in [-0.2, -0.15) is 0 Å². The third-order valence-corrected chi connectivity index (χ3v) is 5.04. The maximum atomic E-state index is 11.9. The molecule has 0 bridgehead atoms. The van der Waals surface area contributed by atoms with Crippen molar-refractivity contribution in [1.82, 2.24) is 9.62 Å². The minimum Gasteiger partial charge on any atom is -0.352 e. The molecule has 1 amide bonds. The standard InChI is InChI=1S/C15H24N2O3S/c1-4-5-6-7-12-16-15(18)13-8-10-14(11-9-13)21(19,20)17(2)3/h8-11H,4-7,12H2,1-3H3,(H,16,18). The van der Waals surface area contributed by atoms with Crippen LogP contribution < -0.4 is 5.32 Å². The highest BCUT2D eigenvalue weighted by Gasteiger charge is 2.17. The second-order valence-electron chi connectivity index (χ2n) is 5.13. The average molecular weight is 312 g/mol. The molecule has 0 saturated heterocycles. The molecule has 0 aliphatic carbocycles. The molecule has 1 aromatic carbocycles. The summed E-state index contributed by atoms with van der Waals surface area (Å²) in [5.74, 6) is -0.166. The highest BCUT2D eigenvalue weighted by Crippen LogP contribution is 2.14. The Morgan fingerprint density at radius 1 is 1.10 bits per heavy atom. The lowest BCUT2D eigenvalue weighted by Gasteiger charge is -2.11. The van der Waals surface area contributed by atoms with Gasteiger partial charge in [-0.15, -0.1) is 0 Å². The summed E-state index contributed by atoms with van der Waals surface area (Å²) in [7, 11) is -0.488. The van der Waals surface area contributed by atoms with E-state index in [-0.39, 0.29) is 10.8 Å². The van der Waals surface area contributed by atoms with E-state index in [0.717, 1.165) is 23.6 Å². The first kappa shape index (κ1) is 17.7. The van der Waals surface area contributed by atoms with Crippen LogP contribution >= 0.6 is 0 Å². The van der Waals surface area contributed by atoms with Gasteiger partial charge in [-0.05, 0) is 30.7 Å². The van der Waals surface area contributed by atoms with E-state index in [1.807, 2.05) is 0 Å². The summed E-state index contributed by atoms with van der Waals surface area (Å²) in [5.41, 5.74) is 0.475. The lowest BCUT2D eigenvalue weighted by Crippen LogP contribution is -2.25. The van der Waals surface area contributed by atoms with Gasteiger partial charge in [0.2, 0.25) is 10.0 Å². The molecule has 0 saturated carbocycles. The van der Waals surface area contributed by atoms with Gasteiger partial charge >= 0.3 is 0 Å². The smallest absolute Gasteiger partial charge is 0.251 e. The Labute approximate surface area is 127 Å². The molecular weight excluding hydrogens is 288 g/mol. The fraction of sp³-hybridized carbons (Fsp3) is 0.533. The minimum absolute atomic E-state index is 0.166. The van der Waals surface area contributed by atoms with Crippen LogP contribution in [0.1, 0.15) is 43.0 Å². The van der Waals surface area contributed by atoms with Gasteiger partial charge in [0, 0.05) is 26.2 Å². The first-order valence-electron chi connectivity index (χ1n) is 7.20. The summed E-state index contributed by atoms with van der Waals surface area (Å²) < 4.78 is 25.0. The molecule has 0 aliphatic heterocycles. The lowest BCUT2D eigenvalue weighted by atomic mass is 10.2. The lowest BCUT2D eigenvalue weighted by molar-refractivity contribution is 0.0953. The Balaban J connectivity index is 2.60. The molecule has 5 nitrogen and oxygen atoms in total. The van der Waals surface area contributed by atoms with Gasteiger partial charge < -0.3 is 5.32 Å². The molecular formula is C15H24N2O3S. The van der Waals surface area contributed by atoms with Crippen LogP contribution in [0.25, 0.3) is 0 Å². The Kier molecular flexibility index (Phi) is 6.84. The van der Waals surface area contributed by atoms with Gasteiger partial charge in [0.05, 0.1) is 4.90 Å². The van der Waals surface area contributed by atoms with Crippen LogP contribution in [0.5, 0.6) is 0 Å². The summed E-state index contributed by atoms with van der Waals surface area (Å²) in [6.07, 6.45) is 4.41. The van der Waals surface area contributed by atoms with Crippen LogP contribution in [0.2, 0.25) is 0 Å². The van der Waals surface area contributed by atoms with E-state index in [1.54, 1.807) is 0 Å². The van der Waals surface area contributed by atoms with Crippen molar-refractivity contribution in [2.75, 3.05) is 20.6 Å². The number of carbonyl (C=O) groups is 1. The predicted octanol–water partition coefficient (Wildman–Crippen LogP) is 2.25. The maximum Gasteiger partial charge on any atom is 0.251 e. The highest BCUT2D eigenvalue weighted by atomic mass is 32.2. The van der Waals surface area contributed by atoms with Crippen LogP contribution in [0.15, 0.2) is 29.2 Å². The largest absolute Gasteiger partial charge is 0.352 e. The van der Waals surface area contributed by atoms with E-state index in [4.69, 9.17) is 0 Å². The molecule has 0 fully saturated rings. The second-order valence-corrected chi connectivity index (χ2v) is 7.28. The third-order valence-electron chi connectivity index (χ3n) is 3.21. The number of unbranched alkanes of at least 4 members (excludes halogenated alkanes) is 3. The van der Waals surface area contributed by atoms with E-state index >= 15 is 0 Å². The third kappa shape index (κ3) is 5.13. The molecule has 0 spiro atoms. The normalized spacial score (nSPS) is 11.6. The molecule has 0 radical (unpaired) electrons. The Morgan fingerprint density at radius 3 is 2.24 bits per heavy atom. The number of carbonyl (C=O) groups excluding carboxylic acids is 1. The van der Waals surface area contributed by atoms with E-state index in [9.17, 15) is 13.2 Å². The van der Waals surface area contributed by atoms with Gasteiger partial charge in [0.25, 0.3) is 5.91 Å². The Bertz CT molecular complexity index is 551. The number of hydrogen-bond acceptors (Lipinski definition) is 3. The Hall–Kier alpha value is -1.40. The van der Waals surface area contributed by atoms with Crippen LogP contribution in [-0.4, -0.2) is 39.3 Å². The summed E-state index contributed by atoms with van der Waals surface area (Å²) in [5, 5.41) is 2.84. The van der Waals surface area contributed by atoms with Gasteiger partial charge in [0.1, 0.15) is 0 Å². The summed E-state index contributed by atoms with van der Waals surface area (Å²) in [4.78, 5) is 12.1. The van der Waals surface area contributed by atoms with Crippen LogP contribution in [0, 0.1) is 0 Å². The monoisotopic (exact) mass is 312 g/mol. The van der Waals surface area contributed by atoms with Gasteiger partial charge in [-0.25, -0.2) is 12.7 Å². The van der Waals surface area contributed by atoms with Gasteiger partial charge in [-0.3, -0.25) is 4.79 Å². The van der Waals surface area contributed by atoms with Crippen molar-refractivity contribution in [3.05, 3.63) is 29.8 Å².